The Kier molecular flexibility index (Phi) is 6.59. The van der Waals surface area contributed by atoms with Crippen molar-refractivity contribution in [3.05, 3.63) is 27.7 Å². The summed E-state index contributed by atoms with van der Waals surface area (Å²) in [4.78, 5) is 12.6. The fraction of sp³-hybridized carbons (Fsp3) is 0.500. The van der Waals surface area contributed by atoms with Crippen LogP contribution < -0.4 is 0 Å². The van der Waals surface area contributed by atoms with Gasteiger partial charge in [0.1, 0.15) is 5.75 Å². The van der Waals surface area contributed by atoms with Gasteiger partial charge in [0.2, 0.25) is 0 Å². The summed E-state index contributed by atoms with van der Waals surface area (Å²) in [7, 11) is 0. The Bertz CT molecular complexity index is 478. The van der Waals surface area contributed by atoms with Crippen LogP contribution in [0.4, 0.5) is 0 Å². The van der Waals surface area contributed by atoms with Crippen LogP contribution >= 0.6 is 23.2 Å². The maximum atomic E-state index is 10.6. The predicted molar refractivity (Wildman–Crippen MR) is 80.5 cm³/mol. The van der Waals surface area contributed by atoms with E-state index in [9.17, 15) is 9.90 Å². The molecule has 0 aromatic heterocycles. The van der Waals surface area contributed by atoms with Crippen molar-refractivity contribution in [3.8, 4) is 5.75 Å². The van der Waals surface area contributed by atoms with Crippen LogP contribution in [0, 0.1) is 0 Å². The Morgan fingerprint density at radius 3 is 2.55 bits per heavy atom. The van der Waals surface area contributed by atoms with Crippen LogP contribution in [0.15, 0.2) is 12.1 Å². The Morgan fingerprint density at radius 2 is 2.00 bits per heavy atom. The topological polar surface area (TPSA) is 60.8 Å². The molecule has 0 spiro atoms. The van der Waals surface area contributed by atoms with E-state index in [0.717, 1.165) is 0 Å². The first kappa shape index (κ1) is 17.1. The first-order valence-corrected chi connectivity index (χ1v) is 7.19. The first-order chi connectivity index (χ1) is 9.31. The zero-order chi connectivity index (χ0) is 15.3. The zero-order valence-electron chi connectivity index (χ0n) is 11.6. The van der Waals surface area contributed by atoms with E-state index in [1.54, 1.807) is 6.07 Å². The minimum absolute atomic E-state index is 0.0277. The van der Waals surface area contributed by atoms with E-state index in [0.29, 0.717) is 30.1 Å². The second-order valence-corrected chi connectivity index (χ2v) is 5.80. The molecule has 0 atom stereocenters. The fourth-order valence-corrected chi connectivity index (χ4v) is 2.45. The molecule has 0 radical (unpaired) electrons. The zero-order valence-corrected chi connectivity index (χ0v) is 13.1. The Balaban J connectivity index is 2.77. The molecule has 20 heavy (non-hydrogen) atoms. The number of carboxylic acid groups (broad SMARTS) is 1. The van der Waals surface area contributed by atoms with Gasteiger partial charge >= 0.3 is 5.97 Å². The number of hydrogen-bond acceptors (Lipinski definition) is 3. The van der Waals surface area contributed by atoms with Crippen LogP contribution in [-0.2, 0) is 11.3 Å². The lowest BCUT2D eigenvalue weighted by Crippen LogP contribution is -2.31. The van der Waals surface area contributed by atoms with E-state index in [1.165, 1.54) is 6.07 Å². The van der Waals surface area contributed by atoms with Crippen LogP contribution in [0.5, 0.6) is 5.75 Å². The standard InChI is InChI=1S/C14H19Cl2NO3/c1-9(2)17(5-3-4-13(18)19)8-10-6-11(15)7-12(16)14(10)20/h6-7,9,20H,3-5,8H2,1-2H3,(H,18,19). The number of phenolic OH excluding ortho intramolecular Hbond substituents is 1. The number of rotatable bonds is 7. The van der Waals surface area contributed by atoms with Gasteiger partial charge < -0.3 is 10.2 Å². The molecule has 0 heterocycles. The molecule has 0 saturated carbocycles. The predicted octanol–water partition coefficient (Wildman–Crippen LogP) is 3.77. The van der Waals surface area contributed by atoms with Crippen molar-refractivity contribution in [3.63, 3.8) is 0 Å². The monoisotopic (exact) mass is 319 g/mol. The van der Waals surface area contributed by atoms with E-state index in [4.69, 9.17) is 28.3 Å². The lowest BCUT2D eigenvalue weighted by atomic mass is 10.1. The molecule has 2 N–H and O–H groups in total. The van der Waals surface area contributed by atoms with Crippen LogP contribution in [-0.4, -0.2) is 33.7 Å². The highest BCUT2D eigenvalue weighted by Crippen LogP contribution is 2.32. The van der Waals surface area contributed by atoms with Gasteiger partial charge in [-0.3, -0.25) is 9.69 Å². The van der Waals surface area contributed by atoms with E-state index in [1.807, 2.05) is 13.8 Å². The van der Waals surface area contributed by atoms with Crippen molar-refractivity contribution in [2.75, 3.05) is 6.54 Å². The molecule has 0 aliphatic rings. The normalized spacial score (nSPS) is 11.3. The van der Waals surface area contributed by atoms with Gasteiger partial charge in [0.25, 0.3) is 0 Å². The van der Waals surface area contributed by atoms with Gasteiger partial charge in [-0.05, 0) is 38.9 Å². The van der Waals surface area contributed by atoms with Crippen LogP contribution in [0.3, 0.4) is 0 Å². The third-order valence-corrected chi connectivity index (χ3v) is 3.55. The van der Waals surface area contributed by atoms with Crippen LogP contribution in [0.25, 0.3) is 0 Å². The Hall–Kier alpha value is -0.970. The van der Waals surface area contributed by atoms with Crippen molar-refractivity contribution >= 4 is 29.2 Å². The van der Waals surface area contributed by atoms with Crippen molar-refractivity contribution < 1.29 is 15.0 Å². The molecular weight excluding hydrogens is 301 g/mol. The molecule has 6 heteroatoms. The number of phenols is 1. The van der Waals surface area contributed by atoms with Gasteiger partial charge in [-0.2, -0.15) is 0 Å². The molecule has 0 aliphatic heterocycles. The lowest BCUT2D eigenvalue weighted by Gasteiger charge is -2.26. The minimum atomic E-state index is -0.803. The smallest absolute Gasteiger partial charge is 0.303 e. The van der Waals surface area contributed by atoms with Crippen LogP contribution in [0.2, 0.25) is 10.0 Å². The SMILES string of the molecule is CC(C)N(CCCC(=O)O)Cc1cc(Cl)cc(Cl)c1O. The average molecular weight is 320 g/mol. The van der Waals surface area contributed by atoms with E-state index in [2.05, 4.69) is 4.90 Å². The van der Waals surface area contributed by atoms with Gasteiger partial charge in [-0.1, -0.05) is 23.2 Å². The molecule has 4 nitrogen and oxygen atoms in total. The summed E-state index contributed by atoms with van der Waals surface area (Å²) in [5.41, 5.74) is 0.645. The number of benzene rings is 1. The molecule has 0 bridgehead atoms. The molecule has 1 rings (SSSR count). The van der Waals surface area contributed by atoms with Gasteiger partial charge in [0.05, 0.1) is 5.02 Å². The summed E-state index contributed by atoms with van der Waals surface area (Å²) < 4.78 is 0. The fourth-order valence-electron chi connectivity index (χ4n) is 1.91. The number of aliphatic carboxylic acids is 1. The second kappa shape index (κ2) is 7.72. The summed E-state index contributed by atoms with van der Waals surface area (Å²) >= 11 is 11.8. The van der Waals surface area contributed by atoms with Crippen LogP contribution in [0.1, 0.15) is 32.3 Å². The Morgan fingerprint density at radius 1 is 1.35 bits per heavy atom. The highest BCUT2D eigenvalue weighted by molar-refractivity contribution is 6.35. The third-order valence-electron chi connectivity index (χ3n) is 3.05. The number of halogens is 2. The highest BCUT2D eigenvalue weighted by Gasteiger charge is 2.15. The Labute approximate surface area is 128 Å². The van der Waals surface area contributed by atoms with Crippen molar-refractivity contribution in [2.45, 2.75) is 39.3 Å². The number of aromatic hydroxyl groups is 1. The molecule has 1 aromatic carbocycles. The number of carbonyl (C=O) groups is 1. The average Bonchev–Trinajstić information content (AvgIpc) is 2.33. The number of hydrogen-bond donors (Lipinski definition) is 2. The second-order valence-electron chi connectivity index (χ2n) is 4.96. The molecule has 0 saturated heterocycles. The molecular formula is C14H19Cl2NO3. The molecule has 0 unspecified atom stereocenters. The summed E-state index contributed by atoms with van der Waals surface area (Å²) in [5.74, 6) is -0.776. The van der Waals surface area contributed by atoms with Crippen molar-refractivity contribution in [2.24, 2.45) is 0 Å². The van der Waals surface area contributed by atoms with Gasteiger partial charge in [-0.15, -0.1) is 0 Å². The maximum Gasteiger partial charge on any atom is 0.303 e. The molecule has 0 fully saturated rings. The lowest BCUT2D eigenvalue weighted by molar-refractivity contribution is -0.137. The molecule has 0 amide bonds. The quantitative estimate of drug-likeness (QED) is 0.803. The van der Waals surface area contributed by atoms with Gasteiger partial charge in [-0.25, -0.2) is 0 Å². The van der Waals surface area contributed by atoms with Crippen molar-refractivity contribution in [1.29, 1.82) is 0 Å². The van der Waals surface area contributed by atoms with Gasteiger partial charge in [0.15, 0.2) is 0 Å². The first-order valence-electron chi connectivity index (χ1n) is 6.44. The van der Waals surface area contributed by atoms with E-state index < -0.39 is 5.97 Å². The number of carboxylic acids is 1. The third kappa shape index (κ3) is 5.19. The minimum Gasteiger partial charge on any atom is -0.506 e. The summed E-state index contributed by atoms with van der Waals surface area (Å²) in [6, 6.07) is 3.39. The summed E-state index contributed by atoms with van der Waals surface area (Å²) in [6.45, 7) is 5.14. The molecule has 112 valence electrons. The van der Waals surface area contributed by atoms with Gasteiger partial charge in [0, 0.05) is 29.6 Å². The highest BCUT2D eigenvalue weighted by atomic mass is 35.5. The molecule has 1 aromatic rings. The molecule has 0 aliphatic carbocycles. The van der Waals surface area contributed by atoms with E-state index >= 15 is 0 Å². The summed E-state index contributed by atoms with van der Waals surface area (Å²) in [6.07, 6.45) is 0.689. The largest absolute Gasteiger partial charge is 0.506 e. The maximum absolute atomic E-state index is 10.6. The van der Waals surface area contributed by atoms with Crippen molar-refractivity contribution in [1.82, 2.24) is 4.90 Å². The number of nitrogens with zero attached hydrogens (tertiary/aromatic N) is 1. The summed E-state index contributed by atoms with van der Waals surface area (Å²) in [5, 5.41) is 19.3. The van der Waals surface area contributed by atoms with E-state index in [-0.39, 0.29) is 23.2 Å².